The maximum absolute atomic E-state index is 11.3. The average Bonchev–Trinajstić information content (AvgIpc) is 2.25. The van der Waals surface area contributed by atoms with Gasteiger partial charge < -0.3 is 5.11 Å². The first-order valence-electron chi connectivity index (χ1n) is 4.39. The van der Waals surface area contributed by atoms with Gasteiger partial charge in [-0.15, -0.1) is 0 Å². The van der Waals surface area contributed by atoms with E-state index in [4.69, 9.17) is 5.41 Å². The Balaban J connectivity index is 3.13. The maximum Gasteiger partial charge on any atom is 0.330 e. The molecule has 0 bridgehead atoms. The Kier molecular flexibility index (Phi) is 3.56. The van der Waals surface area contributed by atoms with Gasteiger partial charge in [-0.2, -0.15) is 0 Å². The summed E-state index contributed by atoms with van der Waals surface area (Å²) in [5.41, 5.74) is -0.722. The number of hydrazine groups is 1. The van der Waals surface area contributed by atoms with Crippen molar-refractivity contribution in [3.8, 4) is 5.88 Å². The molecule has 0 atom stereocenters. The number of nitrogens with zero attached hydrogens (tertiary/aromatic N) is 3. The number of nitrogens with one attached hydrogen (secondary N) is 3. The second-order valence-corrected chi connectivity index (χ2v) is 3.03. The average molecular weight is 256 g/mol. The number of aliphatic imine (C=N–C) groups is 1. The minimum absolute atomic E-state index is 0.396. The Morgan fingerprint density at radius 2 is 2.28 bits per heavy atom. The summed E-state index contributed by atoms with van der Waals surface area (Å²) in [6, 6.07) is 0. The standard InChI is InChI=1S/C7H8N6O5/c1-12-5(15)3(4(14)10-7(12)16)2-9-6(8)11-13(17)18/h2,15H,1H3,(H2,8,11)(H,10,14,16). The van der Waals surface area contributed by atoms with Crippen molar-refractivity contribution in [1.82, 2.24) is 15.0 Å². The Bertz CT molecular complexity index is 641. The smallest absolute Gasteiger partial charge is 0.330 e. The highest BCUT2D eigenvalue weighted by Gasteiger charge is 2.10. The lowest BCUT2D eigenvalue weighted by Crippen LogP contribution is -2.31. The van der Waals surface area contributed by atoms with Crippen LogP contribution in [0, 0.1) is 15.5 Å². The molecule has 1 heterocycles. The van der Waals surface area contributed by atoms with Gasteiger partial charge in [0, 0.05) is 13.3 Å². The lowest BCUT2D eigenvalue weighted by atomic mass is 10.3. The fourth-order valence-electron chi connectivity index (χ4n) is 0.988. The predicted molar refractivity (Wildman–Crippen MR) is 59.4 cm³/mol. The van der Waals surface area contributed by atoms with Gasteiger partial charge >= 0.3 is 5.69 Å². The van der Waals surface area contributed by atoms with E-state index in [0.29, 0.717) is 0 Å². The van der Waals surface area contributed by atoms with Gasteiger partial charge in [0.2, 0.25) is 5.88 Å². The van der Waals surface area contributed by atoms with Gasteiger partial charge in [0.05, 0.1) is 0 Å². The molecule has 0 fully saturated rings. The minimum Gasteiger partial charge on any atom is -0.494 e. The number of nitro groups is 1. The molecule has 11 nitrogen and oxygen atoms in total. The van der Waals surface area contributed by atoms with Crippen LogP contribution in [0.4, 0.5) is 0 Å². The predicted octanol–water partition coefficient (Wildman–Crippen LogP) is -2.09. The van der Waals surface area contributed by atoms with Crippen molar-refractivity contribution < 1.29 is 10.1 Å². The third kappa shape index (κ3) is 2.78. The summed E-state index contributed by atoms with van der Waals surface area (Å²) in [6.45, 7) is 0. The van der Waals surface area contributed by atoms with Gasteiger partial charge in [-0.1, -0.05) is 5.43 Å². The highest BCUT2D eigenvalue weighted by atomic mass is 16.7. The lowest BCUT2D eigenvalue weighted by Gasteiger charge is -2.02. The number of rotatable bonds is 2. The molecule has 0 aliphatic heterocycles. The molecule has 0 radical (unpaired) electrons. The summed E-state index contributed by atoms with van der Waals surface area (Å²) in [5.74, 6) is -1.51. The highest BCUT2D eigenvalue weighted by molar-refractivity contribution is 5.92. The molecule has 4 N–H and O–H groups in total. The Hall–Kier alpha value is -2.98. The van der Waals surface area contributed by atoms with E-state index in [1.54, 1.807) is 0 Å². The van der Waals surface area contributed by atoms with Gasteiger partial charge in [-0.05, 0) is 0 Å². The van der Waals surface area contributed by atoms with Crippen molar-refractivity contribution in [3.05, 3.63) is 36.5 Å². The summed E-state index contributed by atoms with van der Waals surface area (Å²) in [6.07, 6.45) is 0.729. The van der Waals surface area contributed by atoms with Crippen LogP contribution in [0.1, 0.15) is 5.56 Å². The van der Waals surface area contributed by atoms with Crippen LogP contribution < -0.4 is 16.7 Å². The second-order valence-electron chi connectivity index (χ2n) is 3.03. The molecule has 0 saturated heterocycles. The van der Waals surface area contributed by atoms with E-state index in [2.05, 4.69) is 4.99 Å². The second kappa shape index (κ2) is 4.90. The quantitative estimate of drug-likeness (QED) is 0.205. The van der Waals surface area contributed by atoms with Crippen LogP contribution in [-0.2, 0) is 7.05 Å². The first-order valence-corrected chi connectivity index (χ1v) is 4.39. The van der Waals surface area contributed by atoms with Crippen molar-refractivity contribution in [3.63, 3.8) is 0 Å². The summed E-state index contributed by atoms with van der Waals surface area (Å²) < 4.78 is 0.743. The van der Waals surface area contributed by atoms with Crippen LogP contribution in [0.5, 0.6) is 5.88 Å². The van der Waals surface area contributed by atoms with E-state index in [1.807, 2.05) is 4.98 Å². The number of aromatic amines is 1. The van der Waals surface area contributed by atoms with Crippen LogP contribution in [-0.4, -0.2) is 31.9 Å². The summed E-state index contributed by atoms with van der Waals surface area (Å²) >= 11 is 0. The largest absolute Gasteiger partial charge is 0.494 e. The number of aromatic nitrogens is 2. The zero-order valence-electron chi connectivity index (χ0n) is 9.00. The number of hydrogen-bond donors (Lipinski definition) is 4. The zero-order chi connectivity index (χ0) is 13.9. The molecular formula is C7H8N6O5. The molecule has 0 saturated carbocycles. The third-order valence-electron chi connectivity index (χ3n) is 1.85. The van der Waals surface area contributed by atoms with Crippen molar-refractivity contribution in [2.45, 2.75) is 0 Å². The number of aromatic hydroxyl groups is 1. The number of H-pyrrole nitrogens is 1. The zero-order valence-corrected chi connectivity index (χ0v) is 9.00. The van der Waals surface area contributed by atoms with Crippen LogP contribution in [0.25, 0.3) is 0 Å². The molecule has 1 aromatic heterocycles. The van der Waals surface area contributed by atoms with Crippen molar-refractivity contribution in [2.24, 2.45) is 12.0 Å². The van der Waals surface area contributed by atoms with E-state index in [-0.39, 0.29) is 0 Å². The van der Waals surface area contributed by atoms with Gasteiger partial charge in [-0.3, -0.25) is 19.8 Å². The Morgan fingerprint density at radius 3 is 2.83 bits per heavy atom. The van der Waals surface area contributed by atoms with Gasteiger partial charge in [0.1, 0.15) is 5.56 Å². The van der Waals surface area contributed by atoms with E-state index < -0.39 is 33.7 Å². The van der Waals surface area contributed by atoms with Crippen LogP contribution in [0.2, 0.25) is 0 Å². The van der Waals surface area contributed by atoms with Crippen LogP contribution in [0.15, 0.2) is 14.6 Å². The number of hydrogen-bond acceptors (Lipinski definition) is 6. The topological polar surface area (TPSA) is 166 Å². The first kappa shape index (κ1) is 13.1. The van der Waals surface area contributed by atoms with Crippen molar-refractivity contribution in [2.75, 3.05) is 0 Å². The van der Waals surface area contributed by atoms with E-state index in [1.165, 1.54) is 12.5 Å². The van der Waals surface area contributed by atoms with Crippen LogP contribution >= 0.6 is 0 Å². The Labute approximate surface area is 98.0 Å². The fraction of sp³-hybridized carbons (Fsp3) is 0.143. The molecule has 0 unspecified atom stereocenters. The molecule has 18 heavy (non-hydrogen) atoms. The van der Waals surface area contributed by atoms with Crippen LogP contribution in [0.3, 0.4) is 0 Å². The van der Waals surface area contributed by atoms with Crippen molar-refractivity contribution >= 4 is 12.2 Å². The van der Waals surface area contributed by atoms with Gasteiger partial charge in [0.15, 0.2) is 5.03 Å². The van der Waals surface area contributed by atoms with E-state index in [9.17, 15) is 24.8 Å². The molecule has 96 valence electrons. The molecule has 0 aliphatic rings. The molecular weight excluding hydrogens is 248 g/mol. The van der Waals surface area contributed by atoms with E-state index in [0.717, 1.165) is 10.8 Å². The lowest BCUT2D eigenvalue weighted by molar-refractivity contribution is -0.525. The van der Waals surface area contributed by atoms with Crippen molar-refractivity contribution in [1.29, 1.82) is 5.41 Å². The van der Waals surface area contributed by atoms with E-state index >= 15 is 0 Å². The highest BCUT2D eigenvalue weighted by Crippen LogP contribution is 2.04. The number of guanidine groups is 1. The SMILES string of the molecule is Cn1c(O)c(C=NC(=N)N[N+](=O)[O-])c(=O)[nH]c1=O. The molecule has 1 aromatic rings. The molecule has 0 aliphatic carbocycles. The molecule has 0 amide bonds. The molecule has 11 heteroatoms. The maximum atomic E-state index is 11.3. The summed E-state index contributed by atoms with van der Waals surface area (Å²) in [7, 11) is 1.20. The van der Waals surface area contributed by atoms with Gasteiger partial charge in [-0.25, -0.2) is 19.9 Å². The first-order chi connectivity index (χ1) is 8.32. The third-order valence-corrected chi connectivity index (χ3v) is 1.85. The monoisotopic (exact) mass is 256 g/mol. The normalized spacial score (nSPS) is 10.5. The fourth-order valence-corrected chi connectivity index (χ4v) is 0.988. The molecule has 1 rings (SSSR count). The molecule has 0 spiro atoms. The molecule has 0 aromatic carbocycles. The summed E-state index contributed by atoms with van der Waals surface area (Å²) in [4.78, 5) is 37.5. The van der Waals surface area contributed by atoms with Gasteiger partial charge in [0.25, 0.3) is 11.5 Å². The summed E-state index contributed by atoms with van der Waals surface area (Å²) in [5, 5.41) is 25.4. The minimum atomic E-state index is -1.01. The Morgan fingerprint density at radius 1 is 1.67 bits per heavy atom.